The van der Waals surface area contributed by atoms with E-state index in [1.165, 1.54) is 128 Å². The number of hydrogen-bond acceptors (Lipinski definition) is 0. The van der Waals surface area contributed by atoms with Gasteiger partial charge >= 0.3 is 0 Å². The molecule has 0 fully saturated rings. The highest BCUT2D eigenvalue weighted by Gasteiger charge is 2.32. The molecule has 0 N–H and O–H groups in total. The highest BCUT2D eigenvalue weighted by Crippen LogP contribution is 2.42. The zero-order chi connectivity index (χ0) is 25.1. The predicted octanol–water partition coefficient (Wildman–Crippen LogP) is 12.1. The average Bonchev–Trinajstić information content (AvgIpc) is 2.88. The summed E-state index contributed by atoms with van der Waals surface area (Å²) in [5.41, 5.74) is 4.00. The zero-order valence-corrected chi connectivity index (χ0v) is 24.5. The van der Waals surface area contributed by atoms with Gasteiger partial charge in [-0.05, 0) is 60.5 Å². The van der Waals surface area contributed by atoms with Gasteiger partial charge < -0.3 is 0 Å². The minimum atomic E-state index is 0.367. The van der Waals surface area contributed by atoms with E-state index >= 15 is 0 Å². The molecule has 0 saturated carbocycles. The first kappa shape index (κ1) is 31.3. The van der Waals surface area contributed by atoms with Crippen LogP contribution in [0.15, 0.2) is 24.3 Å². The summed E-state index contributed by atoms with van der Waals surface area (Å²) in [6.07, 6.45) is 27.5. The summed E-state index contributed by atoms with van der Waals surface area (Å²) in [4.78, 5) is 0. The van der Waals surface area contributed by atoms with Crippen molar-refractivity contribution in [1.82, 2.24) is 0 Å². The zero-order valence-electron chi connectivity index (χ0n) is 24.5. The summed E-state index contributed by atoms with van der Waals surface area (Å²) < 4.78 is 0. The third kappa shape index (κ3) is 10.1. The molecule has 0 amide bonds. The van der Waals surface area contributed by atoms with Crippen molar-refractivity contribution in [2.24, 2.45) is 0 Å². The van der Waals surface area contributed by atoms with Gasteiger partial charge in [0, 0.05) is 0 Å². The summed E-state index contributed by atoms with van der Waals surface area (Å²) in [5.74, 6) is 0. The molecular weight excluding hydrogens is 408 g/mol. The normalized spacial score (nSPS) is 12.4. The second-order valence-electron chi connectivity index (χ2n) is 11.3. The van der Waals surface area contributed by atoms with Crippen molar-refractivity contribution in [3.63, 3.8) is 0 Å². The van der Waals surface area contributed by atoms with Crippen LogP contribution in [0.3, 0.4) is 0 Å². The van der Waals surface area contributed by atoms with E-state index in [2.05, 4.69) is 65.8 Å². The molecule has 1 aromatic carbocycles. The van der Waals surface area contributed by atoms with Crippen LogP contribution in [0, 0.1) is 0 Å². The molecule has 0 nitrogen and oxygen atoms in total. The summed E-state index contributed by atoms with van der Waals surface area (Å²) in [7, 11) is 0. The van der Waals surface area contributed by atoms with Crippen LogP contribution >= 0.6 is 0 Å². The van der Waals surface area contributed by atoms with Gasteiger partial charge in [-0.15, -0.1) is 0 Å². The van der Waals surface area contributed by atoms with Crippen molar-refractivity contribution in [2.45, 2.75) is 181 Å². The molecule has 0 atom stereocenters. The Morgan fingerprint density at radius 2 is 0.765 bits per heavy atom. The van der Waals surface area contributed by atoms with Crippen LogP contribution in [-0.2, 0) is 10.8 Å². The van der Waals surface area contributed by atoms with Crippen LogP contribution in [0.2, 0.25) is 0 Å². The molecule has 0 aliphatic heterocycles. The number of rotatable bonds is 22. The minimum absolute atomic E-state index is 0.367. The Kier molecular flexibility index (Phi) is 17.0. The summed E-state index contributed by atoms with van der Waals surface area (Å²) in [6.45, 7) is 14.4. The fourth-order valence-corrected chi connectivity index (χ4v) is 6.33. The van der Waals surface area contributed by atoms with Gasteiger partial charge in [-0.3, -0.25) is 0 Å². The molecule has 0 unspecified atom stereocenters. The molecule has 0 heterocycles. The van der Waals surface area contributed by atoms with Gasteiger partial charge in [-0.25, -0.2) is 0 Å². The number of hydrogen-bond donors (Lipinski definition) is 0. The largest absolute Gasteiger partial charge is 0.0654 e. The van der Waals surface area contributed by atoms with Crippen LogP contribution in [0.4, 0.5) is 0 Å². The SMILES string of the molecule is CCCCCCCCCC(CC)(CC)c1cccc(C(CC)(CC)CCCCCCCCC)c1. The Morgan fingerprint density at radius 1 is 0.441 bits per heavy atom. The van der Waals surface area contributed by atoms with Gasteiger partial charge in [0.25, 0.3) is 0 Å². The number of unbranched alkanes of at least 4 members (excludes halogenated alkanes) is 12. The van der Waals surface area contributed by atoms with E-state index in [1.807, 2.05) is 0 Å². The Balaban J connectivity index is 2.83. The smallest absolute Gasteiger partial charge is 0.00521 e. The third-order valence-electron chi connectivity index (χ3n) is 9.31. The van der Waals surface area contributed by atoms with Crippen LogP contribution in [0.1, 0.15) is 181 Å². The Morgan fingerprint density at radius 3 is 1.09 bits per heavy atom. The molecule has 1 aromatic rings. The fraction of sp³-hybridized carbons (Fsp3) is 0.824. The molecular formula is C34H62. The van der Waals surface area contributed by atoms with Gasteiger partial charge in [-0.2, -0.15) is 0 Å². The highest BCUT2D eigenvalue weighted by atomic mass is 14.4. The van der Waals surface area contributed by atoms with Gasteiger partial charge in [0.05, 0.1) is 0 Å². The molecule has 34 heavy (non-hydrogen) atoms. The van der Waals surface area contributed by atoms with E-state index in [9.17, 15) is 0 Å². The Labute approximate surface area is 216 Å². The molecule has 0 heteroatoms. The van der Waals surface area contributed by atoms with E-state index in [1.54, 1.807) is 11.1 Å². The van der Waals surface area contributed by atoms with Crippen LogP contribution in [0.5, 0.6) is 0 Å². The summed E-state index contributed by atoms with van der Waals surface area (Å²) in [6, 6.07) is 9.96. The first-order chi connectivity index (χ1) is 16.6. The topological polar surface area (TPSA) is 0 Å². The van der Waals surface area contributed by atoms with Gasteiger partial charge in [-0.1, -0.05) is 156 Å². The molecule has 0 bridgehead atoms. The molecule has 0 aliphatic carbocycles. The predicted molar refractivity (Wildman–Crippen MR) is 156 cm³/mol. The molecule has 0 radical (unpaired) electrons. The lowest BCUT2D eigenvalue weighted by atomic mass is 9.68. The van der Waals surface area contributed by atoms with Crippen molar-refractivity contribution >= 4 is 0 Å². The lowest BCUT2D eigenvalue weighted by Crippen LogP contribution is -2.28. The van der Waals surface area contributed by atoms with E-state index in [0.717, 1.165) is 0 Å². The van der Waals surface area contributed by atoms with E-state index in [-0.39, 0.29) is 0 Å². The quantitative estimate of drug-likeness (QED) is 0.148. The first-order valence-corrected chi connectivity index (χ1v) is 15.7. The van der Waals surface area contributed by atoms with Gasteiger partial charge in [0.2, 0.25) is 0 Å². The van der Waals surface area contributed by atoms with Crippen molar-refractivity contribution in [1.29, 1.82) is 0 Å². The average molecular weight is 471 g/mol. The molecule has 198 valence electrons. The van der Waals surface area contributed by atoms with Crippen LogP contribution in [0.25, 0.3) is 0 Å². The molecule has 0 saturated heterocycles. The summed E-state index contributed by atoms with van der Waals surface area (Å²) >= 11 is 0. The molecule has 0 aromatic heterocycles. The van der Waals surface area contributed by atoms with Crippen LogP contribution in [-0.4, -0.2) is 0 Å². The molecule has 1 rings (SSSR count). The van der Waals surface area contributed by atoms with E-state index < -0.39 is 0 Å². The van der Waals surface area contributed by atoms with Crippen LogP contribution < -0.4 is 0 Å². The fourth-order valence-electron chi connectivity index (χ4n) is 6.33. The van der Waals surface area contributed by atoms with Crippen molar-refractivity contribution < 1.29 is 0 Å². The van der Waals surface area contributed by atoms with Crippen molar-refractivity contribution in [3.8, 4) is 0 Å². The maximum absolute atomic E-state index is 2.66. The Bertz CT molecular complexity index is 541. The lowest BCUT2D eigenvalue weighted by molar-refractivity contribution is 0.336. The Hall–Kier alpha value is -0.780. The molecule has 0 spiro atoms. The second kappa shape index (κ2) is 18.5. The van der Waals surface area contributed by atoms with E-state index in [4.69, 9.17) is 0 Å². The minimum Gasteiger partial charge on any atom is -0.0654 e. The highest BCUT2D eigenvalue weighted by molar-refractivity contribution is 5.35. The molecule has 0 aliphatic rings. The third-order valence-corrected chi connectivity index (χ3v) is 9.31. The van der Waals surface area contributed by atoms with Gasteiger partial charge in [0.1, 0.15) is 0 Å². The van der Waals surface area contributed by atoms with Crippen molar-refractivity contribution in [3.05, 3.63) is 35.4 Å². The number of benzene rings is 1. The maximum Gasteiger partial charge on any atom is -0.00521 e. The van der Waals surface area contributed by atoms with E-state index in [0.29, 0.717) is 10.8 Å². The lowest BCUT2D eigenvalue weighted by Gasteiger charge is -2.37. The monoisotopic (exact) mass is 470 g/mol. The standard InChI is InChI=1S/C34H62/c1-7-13-15-17-19-21-23-28-33(9-3,10-4)31-26-25-27-32(30-31)34(11-5,12-6)29-24-22-20-18-16-14-8-2/h25-27,30H,7-24,28-29H2,1-6H3. The summed E-state index contributed by atoms with van der Waals surface area (Å²) in [5, 5.41) is 0. The van der Waals surface area contributed by atoms with Crippen molar-refractivity contribution in [2.75, 3.05) is 0 Å². The first-order valence-electron chi connectivity index (χ1n) is 15.7. The second-order valence-corrected chi connectivity index (χ2v) is 11.3. The van der Waals surface area contributed by atoms with Gasteiger partial charge in [0.15, 0.2) is 0 Å². The maximum atomic E-state index is 2.66.